The van der Waals surface area contributed by atoms with Gasteiger partial charge in [0.15, 0.2) is 5.65 Å². The third-order valence-electron chi connectivity index (χ3n) is 2.96. The summed E-state index contributed by atoms with van der Waals surface area (Å²) in [5.41, 5.74) is 2.69. The number of sulfonamides is 1. The van der Waals surface area contributed by atoms with Crippen LogP contribution in [0, 0.1) is 6.92 Å². The van der Waals surface area contributed by atoms with Gasteiger partial charge < -0.3 is 4.57 Å². The number of hydrogen-bond donors (Lipinski definition) is 1. The Morgan fingerprint density at radius 1 is 1.45 bits per heavy atom. The zero-order valence-corrected chi connectivity index (χ0v) is 13.0. The van der Waals surface area contributed by atoms with Crippen LogP contribution >= 0.6 is 11.6 Å². The van der Waals surface area contributed by atoms with E-state index < -0.39 is 10.0 Å². The summed E-state index contributed by atoms with van der Waals surface area (Å²) in [6, 6.07) is 1.91. The predicted octanol–water partition coefficient (Wildman–Crippen LogP) is 1.42. The second-order valence-electron chi connectivity index (χ2n) is 4.63. The number of nitrogens with one attached hydrogen (secondary N) is 1. The van der Waals surface area contributed by atoms with Crippen LogP contribution in [0.3, 0.4) is 0 Å². The summed E-state index contributed by atoms with van der Waals surface area (Å²) < 4.78 is 26.4. The van der Waals surface area contributed by atoms with Crippen LogP contribution < -0.4 is 4.72 Å². The molecule has 0 bridgehead atoms. The Balaban J connectivity index is 2.18. The molecule has 6 nitrogen and oxygen atoms in total. The molecule has 0 fully saturated rings. The van der Waals surface area contributed by atoms with Gasteiger partial charge in [-0.3, -0.25) is 0 Å². The van der Waals surface area contributed by atoms with Crippen molar-refractivity contribution in [2.24, 2.45) is 0 Å². The van der Waals surface area contributed by atoms with E-state index >= 15 is 0 Å². The smallest absolute Gasteiger partial charge is 0.208 e. The molecule has 0 aliphatic carbocycles. The lowest BCUT2D eigenvalue weighted by molar-refractivity contribution is 0.574. The number of fused-ring (bicyclic) bond motifs is 1. The third-order valence-corrected chi connectivity index (χ3v) is 3.92. The molecule has 2 aromatic heterocycles. The van der Waals surface area contributed by atoms with Crippen LogP contribution in [0.25, 0.3) is 11.2 Å². The predicted molar refractivity (Wildman–Crippen MR) is 79.3 cm³/mol. The monoisotopic (exact) mass is 316 g/mol. The molecule has 20 heavy (non-hydrogen) atoms. The highest BCUT2D eigenvalue weighted by Crippen LogP contribution is 2.18. The zero-order chi connectivity index (χ0) is 14.8. The van der Waals surface area contributed by atoms with Crippen LogP contribution in [0.5, 0.6) is 0 Å². The Kier molecular flexibility index (Phi) is 4.62. The molecular weight excluding hydrogens is 300 g/mol. The Hall–Kier alpha value is -1.18. The lowest BCUT2D eigenvalue weighted by Gasteiger charge is -2.07. The van der Waals surface area contributed by atoms with Crippen molar-refractivity contribution in [1.82, 2.24) is 19.3 Å². The molecule has 0 saturated carbocycles. The van der Waals surface area contributed by atoms with E-state index in [0.717, 1.165) is 28.8 Å². The summed E-state index contributed by atoms with van der Waals surface area (Å²) in [4.78, 5) is 8.83. The standard InChI is InChI=1S/C12H17ClN4O2S/c1-9-4-6-14-12-11(9)16-10(8-13)17(12)7-3-5-15-20(2,18)19/h4,6,15H,3,5,7-8H2,1-2H3. The Morgan fingerprint density at radius 3 is 2.85 bits per heavy atom. The average Bonchev–Trinajstić information content (AvgIpc) is 2.73. The molecule has 2 heterocycles. The summed E-state index contributed by atoms with van der Waals surface area (Å²) in [7, 11) is -3.15. The Labute approximate surface area is 123 Å². The number of pyridine rings is 1. The van der Waals surface area contributed by atoms with Crippen molar-refractivity contribution < 1.29 is 8.42 Å². The molecule has 0 amide bonds. The van der Waals surface area contributed by atoms with Gasteiger partial charge in [0, 0.05) is 19.3 Å². The number of imidazole rings is 1. The fourth-order valence-corrected chi connectivity index (χ4v) is 2.73. The molecule has 2 rings (SSSR count). The largest absolute Gasteiger partial charge is 0.312 e. The van der Waals surface area contributed by atoms with Gasteiger partial charge in [-0.1, -0.05) is 0 Å². The molecule has 0 atom stereocenters. The van der Waals surface area contributed by atoms with Gasteiger partial charge in [0.05, 0.1) is 12.1 Å². The minimum Gasteiger partial charge on any atom is -0.312 e. The van der Waals surface area contributed by atoms with Crippen molar-refractivity contribution in [2.75, 3.05) is 12.8 Å². The van der Waals surface area contributed by atoms with E-state index in [4.69, 9.17) is 11.6 Å². The number of aromatic nitrogens is 3. The van der Waals surface area contributed by atoms with Crippen LogP contribution in [0.1, 0.15) is 17.8 Å². The molecule has 0 aliphatic rings. The van der Waals surface area contributed by atoms with Crippen LogP contribution in [-0.4, -0.2) is 35.8 Å². The number of rotatable bonds is 6. The van der Waals surface area contributed by atoms with Crippen molar-refractivity contribution >= 4 is 32.8 Å². The zero-order valence-electron chi connectivity index (χ0n) is 11.4. The maximum Gasteiger partial charge on any atom is 0.208 e. The van der Waals surface area contributed by atoms with Crippen LogP contribution in [-0.2, 0) is 22.4 Å². The quantitative estimate of drug-likeness (QED) is 0.646. The molecule has 0 radical (unpaired) electrons. The highest BCUT2D eigenvalue weighted by atomic mass is 35.5. The summed E-state index contributed by atoms with van der Waals surface area (Å²) in [5.74, 6) is 1.05. The Morgan fingerprint density at radius 2 is 2.20 bits per heavy atom. The van der Waals surface area contributed by atoms with Gasteiger partial charge in [0.25, 0.3) is 0 Å². The van der Waals surface area contributed by atoms with Gasteiger partial charge >= 0.3 is 0 Å². The lowest BCUT2D eigenvalue weighted by Crippen LogP contribution is -2.24. The van der Waals surface area contributed by atoms with Gasteiger partial charge in [0.1, 0.15) is 11.3 Å². The molecule has 0 aromatic carbocycles. The van der Waals surface area contributed by atoms with E-state index in [1.165, 1.54) is 0 Å². The first-order valence-corrected chi connectivity index (χ1v) is 8.66. The fraction of sp³-hybridized carbons (Fsp3) is 0.500. The molecule has 0 spiro atoms. The first-order chi connectivity index (χ1) is 9.42. The molecule has 110 valence electrons. The summed E-state index contributed by atoms with van der Waals surface area (Å²) >= 11 is 5.92. The van der Waals surface area contributed by atoms with Crippen LogP contribution in [0.2, 0.25) is 0 Å². The van der Waals surface area contributed by atoms with E-state index in [2.05, 4.69) is 14.7 Å². The minimum absolute atomic E-state index is 0.301. The average molecular weight is 317 g/mol. The first-order valence-electron chi connectivity index (χ1n) is 6.23. The van der Waals surface area contributed by atoms with Gasteiger partial charge in [-0.15, -0.1) is 11.6 Å². The van der Waals surface area contributed by atoms with Gasteiger partial charge in [-0.05, 0) is 25.0 Å². The van der Waals surface area contributed by atoms with E-state index in [-0.39, 0.29) is 0 Å². The van der Waals surface area contributed by atoms with Crippen molar-refractivity contribution in [2.45, 2.75) is 25.8 Å². The number of alkyl halides is 1. The van der Waals surface area contributed by atoms with E-state index in [1.54, 1.807) is 6.20 Å². The van der Waals surface area contributed by atoms with Crippen molar-refractivity contribution in [3.8, 4) is 0 Å². The highest BCUT2D eigenvalue weighted by Gasteiger charge is 2.12. The van der Waals surface area contributed by atoms with Gasteiger partial charge in [-0.25, -0.2) is 23.1 Å². The van der Waals surface area contributed by atoms with Gasteiger partial charge in [-0.2, -0.15) is 0 Å². The van der Waals surface area contributed by atoms with Crippen molar-refractivity contribution in [1.29, 1.82) is 0 Å². The SMILES string of the molecule is Cc1ccnc2c1nc(CCl)n2CCCNS(C)(=O)=O. The molecule has 2 aromatic rings. The highest BCUT2D eigenvalue weighted by molar-refractivity contribution is 7.88. The normalized spacial score (nSPS) is 12.2. The second-order valence-corrected chi connectivity index (χ2v) is 6.73. The van der Waals surface area contributed by atoms with Crippen molar-refractivity contribution in [3.63, 3.8) is 0 Å². The second kappa shape index (κ2) is 6.07. The molecule has 0 aliphatic heterocycles. The third kappa shape index (κ3) is 3.47. The van der Waals surface area contributed by atoms with E-state index in [1.807, 2.05) is 17.6 Å². The number of halogens is 1. The summed E-state index contributed by atoms with van der Waals surface area (Å²) in [6.07, 6.45) is 3.54. The van der Waals surface area contributed by atoms with E-state index in [9.17, 15) is 8.42 Å². The molecule has 8 heteroatoms. The molecular formula is C12H17ClN4O2S. The maximum atomic E-state index is 11.0. The minimum atomic E-state index is -3.15. The lowest BCUT2D eigenvalue weighted by atomic mass is 10.3. The molecule has 1 N–H and O–H groups in total. The maximum absolute atomic E-state index is 11.0. The first kappa shape index (κ1) is 15.2. The van der Waals surface area contributed by atoms with Crippen molar-refractivity contribution in [3.05, 3.63) is 23.7 Å². The number of nitrogens with zero attached hydrogens (tertiary/aromatic N) is 3. The van der Waals surface area contributed by atoms with Crippen LogP contribution in [0.4, 0.5) is 0 Å². The number of aryl methyl sites for hydroxylation is 2. The van der Waals surface area contributed by atoms with E-state index in [0.29, 0.717) is 25.4 Å². The summed E-state index contributed by atoms with van der Waals surface area (Å²) in [6.45, 7) is 2.98. The topological polar surface area (TPSA) is 76.9 Å². The summed E-state index contributed by atoms with van der Waals surface area (Å²) in [5, 5.41) is 0. The number of hydrogen-bond acceptors (Lipinski definition) is 4. The van der Waals surface area contributed by atoms with Crippen LogP contribution in [0.15, 0.2) is 12.3 Å². The Bertz CT molecular complexity index is 712. The molecule has 0 unspecified atom stereocenters. The van der Waals surface area contributed by atoms with Gasteiger partial charge in [0.2, 0.25) is 10.0 Å². The fourth-order valence-electron chi connectivity index (χ4n) is 2.02. The molecule has 0 saturated heterocycles.